The van der Waals surface area contributed by atoms with Gasteiger partial charge in [0.05, 0.1) is 16.6 Å². The fourth-order valence-corrected chi connectivity index (χ4v) is 4.67. The molecule has 0 saturated carbocycles. The van der Waals surface area contributed by atoms with Gasteiger partial charge in [0.1, 0.15) is 11.4 Å². The number of hydrogen-bond donors (Lipinski definition) is 1. The molecule has 0 radical (unpaired) electrons. The van der Waals surface area contributed by atoms with Gasteiger partial charge in [-0.2, -0.15) is 5.10 Å². The summed E-state index contributed by atoms with van der Waals surface area (Å²) in [5.74, 6) is -0.0918. The molecular formula is C24H21N3OS. The summed E-state index contributed by atoms with van der Waals surface area (Å²) in [7, 11) is 0. The summed E-state index contributed by atoms with van der Waals surface area (Å²) >= 11 is 1.62. The van der Waals surface area contributed by atoms with Crippen molar-refractivity contribution in [3.05, 3.63) is 95.0 Å². The highest BCUT2D eigenvalue weighted by Gasteiger charge is 2.24. The molecule has 0 unspecified atom stereocenters. The fraction of sp³-hybridized carbons (Fsp3) is 0.167. The Labute approximate surface area is 173 Å². The number of nitrogens with zero attached hydrogens (tertiary/aromatic N) is 2. The average Bonchev–Trinajstić information content (AvgIpc) is 3.45. The molecule has 1 aliphatic carbocycles. The zero-order valence-electron chi connectivity index (χ0n) is 15.9. The van der Waals surface area contributed by atoms with Gasteiger partial charge in [0, 0.05) is 0 Å². The van der Waals surface area contributed by atoms with Crippen molar-refractivity contribution in [2.75, 3.05) is 0 Å². The topological polar surface area (TPSA) is 46.9 Å². The summed E-state index contributed by atoms with van der Waals surface area (Å²) in [6.07, 6.45) is 3.12. The Morgan fingerprint density at radius 2 is 1.86 bits per heavy atom. The van der Waals surface area contributed by atoms with Crippen LogP contribution < -0.4 is 5.32 Å². The van der Waals surface area contributed by atoms with E-state index in [0.29, 0.717) is 5.69 Å². The largest absolute Gasteiger partial charge is 0.344 e. The minimum Gasteiger partial charge on any atom is -0.344 e. The number of para-hydroxylation sites is 1. The molecule has 0 aliphatic heterocycles. The molecule has 0 spiro atoms. The second kappa shape index (κ2) is 7.68. The molecule has 0 bridgehead atoms. The Balaban J connectivity index is 1.51. The molecule has 0 fully saturated rings. The Morgan fingerprint density at radius 3 is 2.69 bits per heavy atom. The lowest BCUT2D eigenvalue weighted by Crippen LogP contribution is -2.32. The van der Waals surface area contributed by atoms with Crippen molar-refractivity contribution in [3.63, 3.8) is 0 Å². The lowest BCUT2D eigenvalue weighted by Gasteiger charge is -2.26. The van der Waals surface area contributed by atoms with Gasteiger partial charge in [-0.25, -0.2) is 4.68 Å². The second-order valence-corrected chi connectivity index (χ2v) is 8.20. The standard InChI is InChI=1S/C24H21N3OS/c28-24(25-20-13-6-9-17-8-4-5-12-19(17)20)22-16-21(23-14-7-15-29-23)26-27(22)18-10-2-1-3-11-18/h1-5,7-8,10-12,14-16,20H,6,9,13H2,(H,25,28)/t20-/m1/s1. The molecule has 4 nitrogen and oxygen atoms in total. The third-order valence-corrected chi connectivity index (χ3v) is 6.28. The van der Waals surface area contributed by atoms with Crippen molar-refractivity contribution in [1.82, 2.24) is 15.1 Å². The number of nitrogens with one attached hydrogen (secondary N) is 1. The maximum absolute atomic E-state index is 13.3. The molecule has 144 valence electrons. The first-order valence-corrected chi connectivity index (χ1v) is 10.8. The number of amides is 1. The first-order valence-electron chi connectivity index (χ1n) is 9.87. The van der Waals surface area contributed by atoms with Gasteiger partial charge in [0.2, 0.25) is 0 Å². The molecule has 1 aliphatic rings. The minimum atomic E-state index is -0.0918. The number of rotatable bonds is 4. The van der Waals surface area contributed by atoms with Gasteiger partial charge in [-0.3, -0.25) is 4.79 Å². The van der Waals surface area contributed by atoms with Crippen LogP contribution >= 0.6 is 11.3 Å². The highest BCUT2D eigenvalue weighted by molar-refractivity contribution is 7.13. The number of hydrogen-bond acceptors (Lipinski definition) is 3. The third-order valence-electron chi connectivity index (χ3n) is 5.39. The minimum absolute atomic E-state index is 0.0387. The summed E-state index contributed by atoms with van der Waals surface area (Å²) in [5, 5.41) is 10.0. The van der Waals surface area contributed by atoms with Gasteiger partial charge in [-0.15, -0.1) is 11.3 Å². The molecule has 1 N–H and O–H groups in total. The molecule has 4 aromatic rings. The van der Waals surface area contributed by atoms with Crippen LogP contribution in [0.2, 0.25) is 0 Å². The number of fused-ring (bicyclic) bond motifs is 1. The zero-order chi connectivity index (χ0) is 19.6. The number of benzene rings is 2. The van der Waals surface area contributed by atoms with E-state index in [1.807, 2.05) is 60.0 Å². The van der Waals surface area contributed by atoms with E-state index in [1.165, 1.54) is 11.1 Å². The first kappa shape index (κ1) is 17.9. The van der Waals surface area contributed by atoms with Crippen LogP contribution in [0.15, 0.2) is 78.2 Å². The maximum atomic E-state index is 13.3. The zero-order valence-corrected chi connectivity index (χ0v) is 16.7. The lowest BCUT2D eigenvalue weighted by molar-refractivity contribution is 0.0925. The normalized spacial score (nSPS) is 15.7. The smallest absolute Gasteiger partial charge is 0.270 e. The number of thiophene rings is 1. The van der Waals surface area contributed by atoms with Crippen LogP contribution in [0.3, 0.4) is 0 Å². The van der Waals surface area contributed by atoms with Crippen molar-refractivity contribution in [2.24, 2.45) is 0 Å². The lowest BCUT2D eigenvalue weighted by atomic mass is 9.87. The molecule has 2 aromatic heterocycles. The fourth-order valence-electron chi connectivity index (χ4n) is 3.99. The summed E-state index contributed by atoms with van der Waals surface area (Å²) in [6, 6.07) is 24.2. The molecule has 2 heterocycles. The Bertz CT molecular complexity index is 1130. The van der Waals surface area contributed by atoms with Crippen LogP contribution in [0, 0.1) is 0 Å². The van der Waals surface area contributed by atoms with Crippen LogP contribution in [-0.4, -0.2) is 15.7 Å². The molecule has 0 saturated heterocycles. The third kappa shape index (κ3) is 3.49. The number of carbonyl (C=O) groups excluding carboxylic acids is 1. The van der Waals surface area contributed by atoms with Crippen molar-refractivity contribution < 1.29 is 4.79 Å². The Hall–Kier alpha value is -3.18. The van der Waals surface area contributed by atoms with E-state index in [2.05, 4.69) is 23.5 Å². The van der Waals surface area contributed by atoms with E-state index in [4.69, 9.17) is 5.10 Å². The summed E-state index contributed by atoms with van der Waals surface area (Å²) in [4.78, 5) is 14.4. The van der Waals surface area contributed by atoms with Gasteiger partial charge in [0.15, 0.2) is 0 Å². The molecule has 2 aromatic carbocycles. The van der Waals surface area contributed by atoms with Crippen LogP contribution in [0.1, 0.15) is 40.5 Å². The van der Waals surface area contributed by atoms with E-state index in [9.17, 15) is 4.79 Å². The number of aromatic nitrogens is 2. The summed E-state index contributed by atoms with van der Waals surface area (Å²) in [6.45, 7) is 0. The van der Waals surface area contributed by atoms with Gasteiger partial charge in [0.25, 0.3) is 5.91 Å². The molecule has 29 heavy (non-hydrogen) atoms. The predicted octanol–water partition coefficient (Wildman–Crippen LogP) is 5.41. The van der Waals surface area contributed by atoms with Crippen LogP contribution in [0.4, 0.5) is 0 Å². The van der Waals surface area contributed by atoms with Gasteiger partial charge in [-0.1, -0.05) is 48.5 Å². The quantitative estimate of drug-likeness (QED) is 0.499. The van der Waals surface area contributed by atoms with Crippen molar-refractivity contribution >= 4 is 17.2 Å². The maximum Gasteiger partial charge on any atom is 0.270 e. The summed E-state index contributed by atoms with van der Waals surface area (Å²) < 4.78 is 1.75. The van der Waals surface area contributed by atoms with Gasteiger partial charge >= 0.3 is 0 Å². The predicted molar refractivity (Wildman–Crippen MR) is 116 cm³/mol. The molecule has 1 atom stereocenters. The van der Waals surface area contributed by atoms with Crippen LogP contribution in [0.25, 0.3) is 16.3 Å². The molecular weight excluding hydrogens is 378 g/mol. The molecule has 1 amide bonds. The second-order valence-electron chi connectivity index (χ2n) is 7.26. The van der Waals surface area contributed by atoms with Crippen LogP contribution in [0.5, 0.6) is 0 Å². The highest BCUT2D eigenvalue weighted by atomic mass is 32.1. The van der Waals surface area contributed by atoms with E-state index in [1.54, 1.807) is 16.0 Å². The first-order chi connectivity index (χ1) is 14.3. The Morgan fingerprint density at radius 1 is 1.03 bits per heavy atom. The van der Waals surface area contributed by atoms with Crippen molar-refractivity contribution in [1.29, 1.82) is 0 Å². The van der Waals surface area contributed by atoms with Crippen molar-refractivity contribution in [2.45, 2.75) is 25.3 Å². The molecule has 5 heteroatoms. The summed E-state index contributed by atoms with van der Waals surface area (Å²) in [5.41, 5.74) is 4.82. The monoisotopic (exact) mass is 399 g/mol. The van der Waals surface area contributed by atoms with E-state index in [-0.39, 0.29) is 11.9 Å². The number of carbonyl (C=O) groups is 1. The van der Waals surface area contributed by atoms with Gasteiger partial charge in [-0.05, 0) is 60.0 Å². The SMILES string of the molecule is O=C(N[C@@H]1CCCc2ccccc21)c1cc(-c2cccs2)nn1-c1ccccc1. The van der Waals surface area contributed by atoms with E-state index in [0.717, 1.165) is 35.5 Å². The number of aryl methyl sites for hydroxylation is 1. The Kier molecular flexibility index (Phi) is 4.74. The highest BCUT2D eigenvalue weighted by Crippen LogP contribution is 2.30. The van der Waals surface area contributed by atoms with E-state index >= 15 is 0 Å². The van der Waals surface area contributed by atoms with E-state index < -0.39 is 0 Å². The van der Waals surface area contributed by atoms with Crippen LogP contribution in [-0.2, 0) is 6.42 Å². The van der Waals surface area contributed by atoms with Crippen molar-refractivity contribution in [3.8, 4) is 16.3 Å². The molecule has 5 rings (SSSR count). The van der Waals surface area contributed by atoms with Gasteiger partial charge < -0.3 is 5.32 Å². The average molecular weight is 400 g/mol.